The average molecular weight is 230 g/mol. The molecular weight excluding hydrogens is 218 g/mol. The highest BCUT2D eigenvalue weighted by Gasteiger charge is 2.26. The van der Waals surface area contributed by atoms with Crippen LogP contribution in [-0.4, -0.2) is 22.7 Å². The third kappa shape index (κ3) is 2.49. The first-order chi connectivity index (χ1) is 7.16. The Labute approximate surface area is 91.5 Å². The second kappa shape index (κ2) is 4.49. The van der Waals surface area contributed by atoms with Crippen LogP contribution in [0.2, 0.25) is 0 Å². The molecule has 2 rings (SSSR count). The first-order valence-electron chi connectivity index (χ1n) is 4.86. The Kier molecular flexibility index (Phi) is 3.26. The van der Waals surface area contributed by atoms with Gasteiger partial charge >= 0.3 is 0 Å². The zero-order valence-corrected chi connectivity index (χ0v) is 8.94. The number of aliphatic hydroxyl groups excluding tert-OH is 1. The van der Waals surface area contributed by atoms with Crippen LogP contribution in [0.25, 0.3) is 0 Å². The van der Waals surface area contributed by atoms with Crippen molar-refractivity contribution in [1.82, 2.24) is 0 Å². The average Bonchev–Trinajstić information content (AvgIpc) is 2.58. The second-order valence-electron chi connectivity index (χ2n) is 3.80. The molecule has 1 heterocycles. The summed E-state index contributed by atoms with van der Waals surface area (Å²) in [5, 5.41) is 9.57. The number of rotatable bonds is 2. The lowest BCUT2D eigenvalue weighted by Crippen LogP contribution is -2.20. The quantitative estimate of drug-likeness (QED) is 0.840. The summed E-state index contributed by atoms with van der Waals surface area (Å²) < 4.78 is 26.2. The summed E-state index contributed by atoms with van der Waals surface area (Å²) in [6, 6.07) is 3.46. The maximum absolute atomic E-state index is 13.3. The molecule has 0 amide bonds. The van der Waals surface area contributed by atoms with Gasteiger partial charge in [-0.25, -0.2) is 8.78 Å². The van der Waals surface area contributed by atoms with Gasteiger partial charge in [0.1, 0.15) is 11.6 Å². The minimum absolute atomic E-state index is 0.0475. The lowest BCUT2D eigenvalue weighted by molar-refractivity contribution is 0.149. The molecule has 0 bridgehead atoms. The predicted molar refractivity (Wildman–Crippen MR) is 56.9 cm³/mol. The van der Waals surface area contributed by atoms with Gasteiger partial charge in [0.2, 0.25) is 0 Å². The first-order valence-corrected chi connectivity index (χ1v) is 6.02. The van der Waals surface area contributed by atoms with Crippen LogP contribution in [0.5, 0.6) is 0 Å². The van der Waals surface area contributed by atoms with E-state index >= 15 is 0 Å². The summed E-state index contributed by atoms with van der Waals surface area (Å²) in [6.45, 7) is 0. The third-order valence-electron chi connectivity index (χ3n) is 2.65. The van der Waals surface area contributed by atoms with Crippen LogP contribution >= 0.6 is 11.8 Å². The first kappa shape index (κ1) is 10.9. The van der Waals surface area contributed by atoms with Gasteiger partial charge in [0.05, 0.1) is 6.10 Å². The lowest BCUT2D eigenvalue weighted by atomic mass is 9.96. The van der Waals surface area contributed by atoms with Crippen molar-refractivity contribution < 1.29 is 13.9 Å². The zero-order chi connectivity index (χ0) is 10.8. The smallest absolute Gasteiger partial charge is 0.126 e. The summed E-state index contributed by atoms with van der Waals surface area (Å²) in [7, 11) is 0. The third-order valence-corrected chi connectivity index (χ3v) is 3.90. The van der Waals surface area contributed by atoms with Crippen LogP contribution in [0.1, 0.15) is 5.56 Å². The molecule has 1 nitrogen and oxygen atoms in total. The van der Waals surface area contributed by atoms with Gasteiger partial charge in [-0.05, 0) is 41.9 Å². The Morgan fingerprint density at radius 1 is 1.33 bits per heavy atom. The highest BCUT2D eigenvalue weighted by atomic mass is 32.2. The highest BCUT2D eigenvalue weighted by molar-refractivity contribution is 7.99. The fraction of sp³-hybridized carbons (Fsp3) is 0.455. The number of hydrogen-bond donors (Lipinski definition) is 1. The number of thioether (sulfide) groups is 1. The zero-order valence-electron chi connectivity index (χ0n) is 8.12. The van der Waals surface area contributed by atoms with E-state index in [1.165, 1.54) is 6.07 Å². The summed E-state index contributed by atoms with van der Waals surface area (Å²) in [4.78, 5) is 0. The monoisotopic (exact) mass is 230 g/mol. The van der Waals surface area contributed by atoms with Gasteiger partial charge in [0, 0.05) is 5.75 Å². The molecular formula is C11H12F2OS. The van der Waals surface area contributed by atoms with E-state index in [0.29, 0.717) is 17.7 Å². The van der Waals surface area contributed by atoms with Crippen LogP contribution < -0.4 is 0 Å². The molecule has 1 aliphatic rings. The number of aliphatic hydroxyl groups is 1. The van der Waals surface area contributed by atoms with Crippen molar-refractivity contribution in [2.75, 3.05) is 11.5 Å². The summed E-state index contributed by atoms with van der Waals surface area (Å²) >= 11 is 1.65. The minimum Gasteiger partial charge on any atom is -0.392 e. The minimum atomic E-state index is -0.425. The number of hydrogen-bond acceptors (Lipinski definition) is 2. The summed E-state index contributed by atoms with van der Waals surface area (Å²) in [5.41, 5.74) is 0.363. The van der Waals surface area contributed by atoms with Crippen molar-refractivity contribution in [3.8, 4) is 0 Å². The molecule has 0 aliphatic carbocycles. The van der Waals surface area contributed by atoms with Crippen LogP contribution in [0.4, 0.5) is 8.78 Å². The molecule has 0 spiro atoms. The molecule has 1 aromatic rings. The summed E-state index contributed by atoms with van der Waals surface area (Å²) in [5.74, 6) is 0.747. The molecule has 4 heteroatoms. The molecule has 15 heavy (non-hydrogen) atoms. The number of benzene rings is 1. The van der Waals surface area contributed by atoms with E-state index in [4.69, 9.17) is 0 Å². The van der Waals surface area contributed by atoms with Crippen molar-refractivity contribution in [1.29, 1.82) is 0 Å². The van der Waals surface area contributed by atoms with Crippen molar-refractivity contribution >= 4 is 11.8 Å². The van der Waals surface area contributed by atoms with E-state index in [1.807, 2.05) is 0 Å². The topological polar surface area (TPSA) is 20.2 Å². The highest BCUT2D eigenvalue weighted by Crippen LogP contribution is 2.28. The van der Waals surface area contributed by atoms with Crippen molar-refractivity contribution in [2.45, 2.75) is 12.5 Å². The Bertz CT molecular complexity index is 356. The molecule has 2 unspecified atom stereocenters. The largest absolute Gasteiger partial charge is 0.392 e. The van der Waals surface area contributed by atoms with Gasteiger partial charge in [-0.1, -0.05) is 0 Å². The molecule has 2 atom stereocenters. The van der Waals surface area contributed by atoms with E-state index in [-0.39, 0.29) is 11.7 Å². The molecule has 1 fully saturated rings. The van der Waals surface area contributed by atoms with Crippen LogP contribution in [0.15, 0.2) is 18.2 Å². The van der Waals surface area contributed by atoms with Crippen molar-refractivity contribution in [3.63, 3.8) is 0 Å². The molecule has 0 saturated carbocycles. The molecule has 82 valence electrons. The van der Waals surface area contributed by atoms with E-state index in [0.717, 1.165) is 17.9 Å². The van der Waals surface area contributed by atoms with Gasteiger partial charge in [0.25, 0.3) is 0 Å². The fourth-order valence-electron chi connectivity index (χ4n) is 1.76. The van der Waals surface area contributed by atoms with Crippen LogP contribution in [0, 0.1) is 17.6 Å². The lowest BCUT2D eigenvalue weighted by Gasteiger charge is -2.13. The van der Waals surface area contributed by atoms with Crippen molar-refractivity contribution in [3.05, 3.63) is 35.4 Å². The van der Waals surface area contributed by atoms with E-state index in [2.05, 4.69) is 0 Å². The standard InChI is InChI=1S/C11H12F2OS/c12-9-1-2-10(13)7(4-9)3-8-5-15-6-11(8)14/h1-2,4,8,11,14H,3,5-6H2. The van der Waals surface area contributed by atoms with Crippen molar-refractivity contribution in [2.24, 2.45) is 5.92 Å². The molecule has 0 radical (unpaired) electrons. The maximum atomic E-state index is 13.3. The van der Waals surface area contributed by atoms with Gasteiger partial charge in [-0.3, -0.25) is 0 Å². The van der Waals surface area contributed by atoms with Gasteiger partial charge < -0.3 is 5.11 Å². The Morgan fingerprint density at radius 2 is 2.13 bits per heavy atom. The molecule has 1 N–H and O–H groups in total. The van der Waals surface area contributed by atoms with E-state index in [9.17, 15) is 13.9 Å². The van der Waals surface area contributed by atoms with Gasteiger partial charge in [0.15, 0.2) is 0 Å². The van der Waals surface area contributed by atoms with E-state index < -0.39 is 11.9 Å². The SMILES string of the molecule is OC1CSCC1Cc1cc(F)ccc1F. The summed E-state index contributed by atoms with van der Waals surface area (Å²) in [6.07, 6.45) is 0.0234. The fourth-order valence-corrected chi connectivity index (χ4v) is 3.06. The molecule has 1 saturated heterocycles. The molecule has 1 aromatic carbocycles. The predicted octanol–water partition coefficient (Wildman–Crippen LogP) is 2.23. The maximum Gasteiger partial charge on any atom is 0.126 e. The normalized spacial score (nSPS) is 25.8. The van der Waals surface area contributed by atoms with E-state index in [1.54, 1.807) is 11.8 Å². The molecule has 1 aliphatic heterocycles. The van der Waals surface area contributed by atoms with Gasteiger partial charge in [-0.15, -0.1) is 0 Å². The second-order valence-corrected chi connectivity index (χ2v) is 4.88. The van der Waals surface area contributed by atoms with Crippen LogP contribution in [0.3, 0.4) is 0 Å². The molecule has 0 aromatic heterocycles. The Morgan fingerprint density at radius 3 is 2.80 bits per heavy atom. The van der Waals surface area contributed by atoms with Gasteiger partial charge in [-0.2, -0.15) is 11.8 Å². The Balaban J connectivity index is 2.12. The Hall–Kier alpha value is -0.610. The van der Waals surface area contributed by atoms with Crippen LogP contribution in [-0.2, 0) is 6.42 Å². The number of halogens is 2.